The van der Waals surface area contributed by atoms with Crippen molar-refractivity contribution in [3.63, 3.8) is 0 Å². The highest BCUT2D eigenvalue weighted by Gasteiger charge is 2.36. The third-order valence-corrected chi connectivity index (χ3v) is 6.86. The Kier molecular flexibility index (Phi) is 4.09. The number of benzene rings is 3. The minimum Gasteiger partial charge on any atom is -0.486 e. The van der Waals surface area contributed by atoms with Gasteiger partial charge >= 0.3 is 0 Å². The van der Waals surface area contributed by atoms with Gasteiger partial charge in [0.2, 0.25) is 5.91 Å². The maximum absolute atomic E-state index is 12.9. The fourth-order valence-corrected chi connectivity index (χ4v) is 5.37. The molecule has 0 saturated carbocycles. The molecule has 29 heavy (non-hydrogen) atoms. The number of anilines is 1. The number of carbonyl (C=O) groups excluding carboxylic acids is 1. The molecule has 1 amide bonds. The zero-order valence-corrected chi connectivity index (χ0v) is 16.2. The van der Waals surface area contributed by atoms with Crippen LogP contribution >= 0.6 is 0 Å². The average molecular weight is 410 g/mol. The van der Waals surface area contributed by atoms with Crippen LogP contribution in [-0.2, 0) is 14.8 Å². The topological polar surface area (TPSA) is 84.9 Å². The third-order valence-electron chi connectivity index (χ3n) is 5.06. The van der Waals surface area contributed by atoms with Crippen molar-refractivity contribution in [3.05, 3.63) is 60.7 Å². The fraction of sp³-hybridized carbons (Fsp3) is 0.190. The minimum atomic E-state index is -3.76. The molecule has 2 heterocycles. The number of ether oxygens (including phenoxy) is 2. The summed E-state index contributed by atoms with van der Waals surface area (Å²) in [6, 6.07) is 17.8. The van der Waals surface area contributed by atoms with Crippen LogP contribution in [0, 0.1) is 0 Å². The molecule has 5 rings (SSSR count). The van der Waals surface area contributed by atoms with E-state index in [1.165, 1.54) is 0 Å². The number of para-hydroxylation sites is 2. The summed E-state index contributed by atoms with van der Waals surface area (Å²) in [5, 5.41) is 4.24. The lowest BCUT2D eigenvalue weighted by Gasteiger charge is -2.27. The highest BCUT2D eigenvalue weighted by atomic mass is 32.2. The molecule has 1 N–H and O–H groups in total. The quantitative estimate of drug-likeness (QED) is 0.714. The third kappa shape index (κ3) is 2.96. The van der Waals surface area contributed by atoms with E-state index in [0.29, 0.717) is 29.2 Å². The fourth-order valence-electron chi connectivity index (χ4n) is 3.71. The molecule has 0 radical (unpaired) electrons. The first-order chi connectivity index (χ1) is 14.0. The number of fused-ring (bicyclic) bond motifs is 1. The maximum atomic E-state index is 12.9. The molecule has 0 spiro atoms. The molecule has 3 aromatic carbocycles. The van der Waals surface area contributed by atoms with Crippen LogP contribution in [0.5, 0.6) is 11.5 Å². The number of sulfonamides is 1. The Balaban J connectivity index is 1.29. The largest absolute Gasteiger partial charge is 0.486 e. The highest BCUT2D eigenvalue weighted by Crippen LogP contribution is 2.41. The van der Waals surface area contributed by atoms with Crippen molar-refractivity contribution in [2.24, 2.45) is 0 Å². The van der Waals surface area contributed by atoms with Crippen LogP contribution in [-0.4, -0.2) is 40.1 Å². The lowest BCUT2D eigenvalue weighted by atomic mass is 10.1. The van der Waals surface area contributed by atoms with Gasteiger partial charge in [0.1, 0.15) is 19.3 Å². The Morgan fingerprint density at radius 1 is 1.03 bits per heavy atom. The molecule has 0 aromatic heterocycles. The van der Waals surface area contributed by atoms with Crippen molar-refractivity contribution in [1.29, 1.82) is 0 Å². The van der Waals surface area contributed by atoms with Gasteiger partial charge in [-0.05, 0) is 29.7 Å². The van der Waals surface area contributed by atoms with Gasteiger partial charge in [0.25, 0.3) is 10.0 Å². The minimum absolute atomic E-state index is 0.220. The monoisotopic (exact) mass is 410 g/mol. The Bertz CT molecular complexity index is 1220. The van der Waals surface area contributed by atoms with Crippen LogP contribution in [0.3, 0.4) is 0 Å². The second-order valence-corrected chi connectivity index (χ2v) is 8.78. The first kappa shape index (κ1) is 17.8. The predicted molar refractivity (Wildman–Crippen MR) is 108 cm³/mol. The number of hydrogen-bond donors (Lipinski definition) is 1. The Morgan fingerprint density at radius 3 is 2.62 bits per heavy atom. The van der Waals surface area contributed by atoms with Gasteiger partial charge in [0.15, 0.2) is 11.5 Å². The molecular formula is C21H18N2O5S. The van der Waals surface area contributed by atoms with Gasteiger partial charge in [0, 0.05) is 5.39 Å². The normalized spacial score (nSPS) is 18.6. The van der Waals surface area contributed by atoms with E-state index >= 15 is 0 Å². The number of amides is 1. The van der Waals surface area contributed by atoms with Crippen molar-refractivity contribution in [2.75, 3.05) is 24.0 Å². The van der Waals surface area contributed by atoms with E-state index in [2.05, 4.69) is 5.32 Å². The summed E-state index contributed by atoms with van der Waals surface area (Å²) in [5.74, 6) is 0.896. The summed E-state index contributed by atoms with van der Waals surface area (Å²) in [7, 11) is -3.76. The summed E-state index contributed by atoms with van der Waals surface area (Å²) in [6.07, 6.45) is -0.343. The Labute approximate surface area is 167 Å². The van der Waals surface area contributed by atoms with Crippen molar-refractivity contribution in [3.8, 4) is 11.5 Å². The van der Waals surface area contributed by atoms with Crippen LogP contribution in [0.15, 0.2) is 65.6 Å². The van der Waals surface area contributed by atoms with E-state index < -0.39 is 15.9 Å². The van der Waals surface area contributed by atoms with Gasteiger partial charge in [-0.2, -0.15) is 0 Å². The lowest BCUT2D eigenvalue weighted by Crippen LogP contribution is -2.45. The van der Waals surface area contributed by atoms with E-state index in [1.54, 1.807) is 30.3 Å². The van der Waals surface area contributed by atoms with Crippen molar-refractivity contribution in [2.45, 2.75) is 11.0 Å². The Hall–Kier alpha value is -3.26. The second kappa shape index (κ2) is 6.66. The van der Waals surface area contributed by atoms with Crippen LogP contribution < -0.4 is 19.1 Å². The maximum Gasteiger partial charge on any atom is 0.265 e. The van der Waals surface area contributed by atoms with Gasteiger partial charge in [0.05, 0.1) is 17.1 Å². The average Bonchev–Trinajstić information content (AvgIpc) is 2.95. The molecule has 0 fully saturated rings. The number of carbonyl (C=O) groups is 1. The summed E-state index contributed by atoms with van der Waals surface area (Å²) < 4.78 is 38.5. The molecule has 0 aliphatic carbocycles. The zero-order valence-electron chi connectivity index (χ0n) is 15.4. The van der Waals surface area contributed by atoms with E-state index in [4.69, 9.17) is 9.47 Å². The van der Waals surface area contributed by atoms with Gasteiger partial charge in [-0.15, -0.1) is 0 Å². The Morgan fingerprint density at radius 2 is 1.79 bits per heavy atom. The smallest absolute Gasteiger partial charge is 0.265 e. The molecule has 2 aliphatic rings. The second-order valence-electron chi connectivity index (χ2n) is 6.94. The van der Waals surface area contributed by atoms with Crippen molar-refractivity contribution >= 4 is 32.4 Å². The number of nitrogens with zero attached hydrogens (tertiary/aromatic N) is 1. The molecule has 148 valence electrons. The number of rotatable bonds is 4. The van der Waals surface area contributed by atoms with E-state index in [9.17, 15) is 13.2 Å². The zero-order chi connectivity index (χ0) is 20.0. The molecule has 0 saturated heterocycles. The molecule has 0 unspecified atom stereocenters. The first-order valence-electron chi connectivity index (χ1n) is 9.24. The SMILES string of the molecule is O=C(CN1c2cccc3cccc(c23)S1(=O)=O)NC[C@H]1COc2ccccc2O1. The summed E-state index contributed by atoms with van der Waals surface area (Å²) in [4.78, 5) is 12.8. The van der Waals surface area contributed by atoms with Crippen molar-refractivity contribution in [1.82, 2.24) is 5.32 Å². The summed E-state index contributed by atoms with van der Waals surface area (Å²) in [5.41, 5.74) is 0.527. The predicted octanol–water partition coefficient (Wildman–Crippen LogP) is 2.30. The van der Waals surface area contributed by atoms with Gasteiger partial charge in [-0.3, -0.25) is 9.10 Å². The van der Waals surface area contributed by atoms with Crippen LogP contribution in [0.4, 0.5) is 5.69 Å². The van der Waals surface area contributed by atoms with E-state index in [1.807, 2.05) is 30.3 Å². The van der Waals surface area contributed by atoms with Gasteiger partial charge in [-0.25, -0.2) is 8.42 Å². The van der Waals surface area contributed by atoms with Crippen LogP contribution in [0.2, 0.25) is 0 Å². The molecular weight excluding hydrogens is 392 g/mol. The number of nitrogens with one attached hydrogen (secondary N) is 1. The van der Waals surface area contributed by atoms with E-state index in [0.717, 1.165) is 9.69 Å². The first-order valence-corrected chi connectivity index (χ1v) is 10.7. The molecule has 2 aliphatic heterocycles. The lowest BCUT2D eigenvalue weighted by molar-refractivity contribution is -0.120. The molecule has 8 heteroatoms. The molecule has 3 aromatic rings. The van der Waals surface area contributed by atoms with Gasteiger partial charge in [-0.1, -0.05) is 36.4 Å². The standard InChI is InChI=1S/C21H18N2O5S/c24-20(22-11-15-13-27-17-8-1-2-9-18(17)28-15)12-23-16-7-3-5-14-6-4-10-19(21(14)16)29(23,25)26/h1-10,15H,11-13H2,(H,22,24)/t15-/m0/s1. The van der Waals surface area contributed by atoms with Crippen molar-refractivity contribution < 1.29 is 22.7 Å². The molecule has 0 bridgehead atoms. The van der Waals surface area contributed by atoms with Crippen LogP contribution in [0.25, 0.3) is 10.8 Å². The summed E-state index contributed by atoms with van der Waals surface area (Å²) in [6.45, 7) is 0.239. The molecule has 7 nitrogen and oxygen atoms in total. The molecule has 1 atom stereocenters. The van der Waals surface area contributed by atoms with E-state index in [-0.39, 0.29) is 24.1 Å². The highest BCUT2D eigenvalue weighted by molar-refractivity contribution is 7.93. The summed E-state index contributed by atoms with van der Waals surface area (Å²) >= 11 is 0. The number of hydrogen-bond acceptors (Lipinski definition) is 5. The van der Waals surface area contributed by atoms with Gasteiger partial charge < -0.3 is 14.8 Å². The van der Waals surface area contributed by atoms with Crippen LogP contribution in [0.1, 0.15) is 0 Å².